The van der Waals surface area contributed by atoms with Crippen LogP contribution in [0.15, 0.2) is 24.3 Å². The number of nitrogens with one attached hydrogen (secondary N) is 1. The SMILES string of the molecule is O=C(CCC1CCOCC1)NC1COc2ccccc2C1=O. The highest BCUT2D eigenvalue weighted by molar-refractivity contribution is 6.04. The van der Waals surface area contributed by atoms with Crippen LogP contribution in [0, 0.1) is 5.92 Å². The molecule has 118 valence electrons. The van der Waals surface area contributed by atoms with Crippen molar-refractivity contribution >= 4 is 11.7 Å². The van der Waals surface area contributed by atoms with Crippen LogP contribution in [-0.4, -0.2) is 37.6 Å². The molecule has 1 amide bonds. The van der Waals surface area contributed by atoms with Gasteiger partial charge in [-0.15, -0.1) is 0 Å². The standard InChI is InChI=1S/C17H21NO4/c19-16(6-5-12-7-9-21-10-8-12)18-14-11-22-15-4-2-1-3-13(15)17(14)20/h1-4,12,14H,5-11H2,(H,18,19). The Morgan fingerprint density at radius 1 is 1.23 bits per heavy atom. The molecule has 2 aliphatic rings. The zero-order valence-corrected chi connectivity index (χ0v) is 12.5. The number of carbonyl (C=O) groups is 2. The van der Waals surface area contributed by atoms with Gasteiger partial charge in [0, 0.05) is 19.6 Å². The lowest BCUT2D eigenvalue weighted by atomic mass is 9.94. The van der Waals surface area contributed by atoms with Gasteiger partial charge in [0.05, 0.1) is 5.56 Å². The van der Waals surface area contributed by atoms with Crippen molar-refractivity contribution < 1.29 is 19.1 Å². The lowest BCUT2D eigenvalue weighted by Gasteiger charge is -2.25. The van der Waals surface area contributed by atoms with Gasteiger partial charge in [0.2, 0.25) is 5.91 Å². The fourth-order valence-corrected chi connectivity index (χ4v) is 2.98. The normalized spacial score (nSPS) is 21.8. The molecule has 2 heterocycles. The first-order valence-electron chi connectivity index (χ1n) is 7.87. The van der Waals surface area contributed by atoms with Gasteiger partial charge in [-0.1, -0.05) is 12.1 Å². The van der Waals surface area contributed by atoms with Crippen molar-refractivity contribution in [2.24, 2.45) is 5.92 Å². The fourth-order valence-electron chi connectivity index (χ4n) is 2.98. The van der Waals surface area contributed by atoms with Crippen LogP contribution in [0.1, 0.15) is 36.0 Å². The number of fused-ring (bicyclic) bond motifs is 1. The summed E-state index contributed by atoms with van der Waals surface area (Å²) in [5.74, 6) is 1.01. The van der Waals surface area contributed by atoms with Gasteiger partial charge in [0.15, 0.2) is 5.78 Å². The second-order valence-corrected chi connectivity index (χ2v) is 5.89. The molecule has 0 spiro atoms. The van der Waals surface area contributed by atoms with Crippen molar-refractivity contribution in [1.82, 2.24) is 5.32 Å². The molecule has 0 aromatic heterocycles. The van der Waals surface area contributed by atoms with Gasteiger partial charge >= 0.3 is 0 Å². The van der Waals surface area contributed by atoms with Crippen molar-refractivity contribution in [3.8, 4) is 5.75 Å². The Balaban J connectivity index is 1.50. The zero-order valence-electron chi connectivity index (χ0n) is 12.5. The molecule has 5 heteroatoms. The minimum Gasteiger partial charge on any atom is -0.490 e. The maximum Gasteiger partial charge on any atom is 0.220 e. The summed E-state index contributed by atoms with van der Waals surface area (Å²) in [5.41, 5.74) is 0.545. The molecule has 1 aromatic carbocycles. The Hall–Kier alpha value is -1.88. The number of Topliss-reactive ketones (excluding diaryl/α,β-unsaturated/α-hetero) is 1. The molecule has 1 fully saturated rings. The molecule has 1 aromatic rings. The van der Waals surface area contributed by atoms with Crippen LogP contribution in [0.2, 0.25) is 0 Å². The van der Waals surface area contributed by atoms with Gasteiger partial charge < -0.3 is 14.8 Å². The number of ether oxygens (including phenoxy) is 2. The Labute approximate surface area is 130 Å². The lowest BCUT2D eigenvalue weighted by molar-refractivity contribution is -0.122. The van der Waals surface area contributed by atoms with Gasteiger partial charge in [-0.2, -0.15) is 0 Å². The number of ketones is 1. The van der Waals surface area contributed by atoms with Crippen LogP contribution < -0.4 is 10.1 Å². The molecule has 1 atom stereocenters. The maximum absolute atomic E-state index is 12.3. The van der Waals surface area contributed by atoms with Crippen LogP contribution in [0.25, 0.3) is 0 Å². The third-order valence-corrected chi connectivity index (χ3v) is 4.33. The molecule has 1 unspecified atom stereocenters. The molecular weight excluding hydrogens is 282 g/mol. The molecule has 0 saturated carbocycles. The van der Waals surface area contributed by atoms with Crippen molar-refractivity contribution in [3.63, 3.8) is 0 Å². The van der Waals surface area contributed by atoms with E-state index in [4.69, 9.17) is 9.47 Å². The molecule has 1 N–H and O–H groups in total. The Morgan fingerprint density at radius 2 is 2.00 bits per heavy atom. The average Bonchev–Trinajstić information content (AvgIpc) is 2.57. The average molecular weight is 303 g/mol. The summed E-state index contributed by atoms with van der Waals surface area (Å²) >= 11 is 0. The van der Waals surface area contributed by atoms with E-state index in [0.29, 0.717) is 23.7 Å². The van der Waals surface area contributed by atoms with E-state index in [0.717, 1.165) is 32.5 Å². The van der Waals surface area contributed by atoms with Crippen molar-refractivity contribution in [2.45, 2.75) is 31.7 Å². The van der Waals surface area contributed by atoms with Gasteiger partial charge in [0.25, 0.3) is 0 Å². The predicted octanol–water partition coefficient (Wildman–Crippen LogP) is 1.95. The third kappa shape index (κ3) is 3.47. The van der Waals surface area contributed by atoms with Crippen molar-refractivity contribution in [2.75, 3.05) is 19.8 Å². The Morgan fingerprint density at radius 3 is 2.82 bits per heavy atom. The van der Waals surface area contributed by atoms with E-state index >= 15 is 0 Å². The van der Waals surface area contributed by atoms with E-state index in [9.17, 15) is 9.59 Å². The number of rotatable bonds is 4. The molecule has 0 radical (unpaired) electrons. The minimum absolute atomic E-state index is 0.0683. The number of para-hydroxylation sites is 1. The summed E-state index contributed by atoms with van der Waals surface area (Å²) in [6, 6.07) is 6.57. The molecule has 3 rings (SSSR count). The van der Waals surface area contributed by atoms with Gasteiger partial charge in [-0.3, -0.25) is 9.59 Å². The fraction of sp³-hybridized carbons (Fsp3) is 0.529. The summed E-state index contributed by atoms with van der Waals surface area (Å²) in [5, 5.41) is 2.80. The summed E-state index contributed by atoms with van der Waals surface area (Å²) in [6.45, 7) is 1.79. The predicted molar refractivity (Wildman–Crippen MR) is 81.0 cm³/mol. The molecular formula is C17H21NO4. The topological polar surface area (TPSA) is 64.6 Å². The smallest absolute Gasteiger partial charge is 0.220 e. The zero-order chi connectivity index (χ0) is 15.4. The largest absolute Gasteiger partial charge is 0.490 e. The van der Waals surface area contributed by atoms with E-state index in [-0.39, 0.29) is 18.3 Å². The van der Waals surface area contributed by atoms with Gasteiger partial charge in [-0.05, 0) is 37.3 Å². The Bertz CT molecular complexity index is 551. The van der Waals surface area contributed by atoms with Crippen molar-refractivity contribution in [3.05, 3.63) is 29.8 Å². The molecule has 2 aliphatic heterocycles. The third-order valence-electron chi connectivity index (χ3n) is 4.33. The monoisotopic (exact) mass is 303 g/mol. The molecule has 5 nitrogen and oxygen atoms in total. The highest BCUT2D eigenvalue weighted by atomic mass is 16.5. The van der Waals surface area contributed by atoms with Crippen molar-refractivity contribution in [1.29, 1.82) is 0 Å². The summed E-state index contributed by atoms with van der Waals surface area (Å²) < 4.78 is 10.9. The number of hydrogen-bond acceptors (Lipinski definition) is 4. The van der Waals surface area contributed by atoms with Gasteiger partial charge in [-0.25, -0.2) is 0 Å². The summed E-state index contributed by atoms with van der Waals surface area (Å²) in [6.07, 6.45) is 3.35. The summed E-state index contributed by atoms with van der Waals surface area (Å²) in [7, 11) is 0. The first-order valence-corrected chi connectivity index (χ1v) is 7.87. The number of carbonyl (C=O) groups excluding carboxylic acids is 2. The second-order valence-electron chi connectivity index (χ2n) is 5.89. The molecule has 0 aliphatic carbocycles. The number of hydrogen-bond donors (Lipinski definition) is 1. The van der Waals surface area contributed by atoms with E-state index in [2.05, 4.69) is 5.32 Å². The molecule has 1 saturated heterocycles. The summed E-state index contributed by atoms with van der Waals surface area (Å²) in [4.78, 5) is 24.4. The van der Waals surface area contributed by atoms with Crippen LogP contribution in [0.4, 0.5) is 0 Å². The van der Waals surface area contributed by atoms with E-state index in [1.54, 1.807) is 18.2 Å². The number of amides is 1. The van der Waals surface area contributed by atoms with E-state index < -0.39 is 6.04 Å². The van der Waals surface area contributed by atoms with Gasteiger partial charge in [0.1, 0.15) is 18.4 Å². The highest BCUT2D eigenvalue weighted by Gasteiger charge is 2.29. The van der Waals surface area contributed by atoms with Crippen LogP contribution >= 0.6 is 0 Å². The quantitative estimate of drug-likeness (QED) is 0.923. The minimum atomic E-state index is -0.572. The number of benzene rings is 1. The molecule has 0 bridgehead atoms. The van der Waals surface area contributed by atoms with E-state index in [1.807, 2.05) is 6.07 Å². The first-order chi connectivity index (χ1) is 10.7. The Kier molecular flexibility index (Phi) is 4.73. The van der Waals surface area contributed by atoms with Crippen LogP contribution in [-0.2, 0) is 9.53 Å². The highest BCUT2D eigenvalue weighted by Crippen LogP contribution is 2.24. The van der Waals surface area contributed by atoms with Crippen LogP contribution in [0.3, 0.4) is 0 Å². The molecule has 22 heavy (non-hydrogen) atoms. The van der Waals surface area contributed by atoms with Crippen LogP contribution in [0.5, 0.6) is 5.75 Å². The lowest BCUT2D eigenvalue weighted by Crippen LogP contribution is -2.47. The first kappa shape index (κ1) is 15.0. The van der Waals surface area contributed by atoms with E-state index in [1.165, 1.54) is 0 Å². The second kappa shape index (κ2) is 6.92. The maximum atomic E-state index is 12.3.